The number of aromatic nitrogens is 2. The fraction of sp³-hybridized carbons (Fsp3) is 0.400. The van der Waals surface area contributed by atoms with Crippen molar-refractivity contribution in [3.8, 4) is 5.75 Å². The first kappa shape index (κ1) is 11.3. The van der Waals surface area contributed by atoms with Crippen molar-refractivity contribution >= 4 is 0 Å². The molecule has 0 N–H and O–H groups in total. The Morgan fingerprint density at radius 3 is 3.06 bits per heavy atom. The number of benzene rings is 1. The van der Waals surface area contributed by atoms with Crippen molar-refractivity contribution in [3.63, 3.8) is 0 Å². The summed E-state index contributed by atoms with van der Waals surface area (Å²) < 4.78 is 7.54. The first-order valence-electron chi connectivity index (χ1n) is 6.52. The van der Waals surface area contributed by atoms with E-state index in [4.69, 9.17) is 4.74 Å². The molecule has 3 rings (SSSR count). The van der Waals surface area contributed by atoms with Crippen LogP contribution in [-0.2, 0) is 19.4 Å². The van der Waals surface area contributed by atoms with Crippen molar-refractivity contribution < 1.29 is 4.74 Å². The van der Waals surface area contributed by atoms with Gasteiger partial charge in [-0.05, 0) is 43.4 Å². The lowest BCUT2D eigenvalue weighted by molar-refractivity contribution is 0.414. The Morgan fingerprint density at radius 2 is 2.17 bits per heavy atom. The maximum atomic E-state index is 5.26. The number of methoxy groups -OCH3 is 1. The maximum Gasteiger partial charge on any atom is 0.119 e. The number of rotatable bonds is 3. The standard InChI is InChI=1S/C15H18N2O/c1-18-13-6-4-5-12(9-13)10-17-11-16-14-7-2-3-8-15(14)17/h4-6,9,11H,2-3,7-8,10H2,1H3. The molecule has 94 valence electrons. The number of nitrogens with zero attached hydrogens (tertiary/aromatic N) is 2. The van der Waals surface area contributed by atoms with Gasteiger partial charge in [0, 0.05) is 12.2 Å². The van der Waals surface area contributed by atoms with Gasteiger partial charge in [-0.25, -0.2) is 4.98 Å². The van der Waals surface area contributed by atoms with Crippen LogP contribution in [0.15, 0.2) is 30.6 Å². The second-order valence-corrected chi connectivity index (χ2v) is 4.82. The quantitative estimate of drug-likeness (QED) is 0.827. The van der Waals surface area contributed by atoms with Crippen molar-refractivity contribution in [1.29, 1.82) is 0 Å². The Bertz CT molecular complexity index is 545. The number of ether oxygens (including phenoxy) is 1. The Labute approximate surface area is 107 Å². The molecule has 0 atom stereocenters. The lowest BCUT2D eigenvalue weighted by Crippen LogP contribution is -2.09. The Kier molecular flexibility index (Phi) is 3.05. The zero-order valence-electron chi connectivity index (χ0n) is 10.7. The van der Waals surface area contributed by atoms with E-state index in [0.29, 0.717) is 0 Å². The van der Waals surface area contributed by atoms with Gasteiger partial charge < -0.3 is 9.30 Å². The molecule has 0 spiro atoms. The summed E-state index contributed by atoms with van der Waals surface area (Å²) in [7, 11) is 1.71. The van der Waals surface area contributed by atoms with E-state index < -0.39 is 0 Å². The number of fused-ring (bicyclic) bond motifs is 1. The fourth-order valence-electron chi connectivity index (χ4n) is 2.63. The van der Waals surface area contributed by atoms with E-state index >= 15 is 0 Å². The largest absolute Gasteiger partial charge is 0.497 e. The molecular formula is C15H18N2O. The third-order valence-electron chi connectivity index (χ3n) is 3.60. The molecular weight excluding hydrogens is 224 g/mol. The van der Waals surface area contributed by atoms with Crippen molar-refractivity contribution in [2.75, 3.05) is 7.11 Å². The highest BCUT2D eigenvalue weighted by Gasteiger charge is 2.15. The van der Waals surface area contributed by atoms with Gasteiger partial charge >= 0.3 is 0 Å². The Morgan fingerprint density at radius 1 is 1.28 bits per heavy atom. The molecule has 1 aliphatic rings. The molecule has 0 amide bonds. The topological polar surface area (TPSA) is 27.1 Å². The van der Waals surface area contributed by atoms with Crippen LogP contribution >= 0.6 is 0 Å². The van der Waals surface area contributed by atoms with Gasteiger partial charge in [-0.15, -0.1) is 0 Å². The summed E-state index contributed by atoms with van der Waals surface area (Å²) in [4.78, 5) is 4.53. The van der Waals surface area contributed by atoms with E-state index in [1.807, 2.05) is 18.5 Å². The van der Waals surface area contributed by atoms with Crippen LogP contribution in [0.3, 0.4) is 0 Å². The molecule has 0 fully saturated rings. The molecule has 2 aromatic rings. The zero-order chi connectivity index (χ0) is 12.4. The summed E-state index contributed by atoms with van der Waals surface area (Å²) in [5.74, 6) is 0.918. The highest BCUT2D eigenvalue weighted by Crippen LogP contribution is 2.21. The predicted octanol–water partition coefficient (Wildman–Crippen LogP) is 2.82. The Hall–Kier alpha value is -1.77. The average molecular weight is 242 g/mol. The van der Waals surface area contributed by atoms with E-state index in [1.165, 1.54) is 36.2 Å². The third kappa shape index (κ3) is 2.13. The van der Waals surface area contributed by atoms with Gasteiger partial charge in [0.05, 0.1) is 19.1 Å². The van der Waals surface area contributed by atoms with Crippen LogP contribution in [0, 0.1) is 0 Å². The number of hydrogen-bond donors (Lipinski definition) is 0. The lowest BCUT2D eigenvalue weighted by Gasteiger charge is -2.14. The summed E-state index contributed by atoms with van der Waals surface area (Å²) in [5.41, 5.74) is 3.98. The summed E-state index contributed by atoms with van der Waals surface area (Å²) in [5, 5.41) is 0. The van der Waals surface area contributed by atoms with E-state index in [2.05, 4.69) is 21.7 Å². The van der Waals surface area contributed by atoms with Crippen LogP contribution in [0.25, 0.3) is 0 Å². The zero-order valence-corrected chi connectivity index (χ0v) is 10.7. The minimum absolute atomic E-state index is 0.888. The van der Waals surface area contributed by atoms with Crippen LogP contribution in [-0.4, -0.2) is 16.7 Å². The third-order valence-corrected chi connectivity index (χ3v) is 3.60. The molecule has 1 aromatic heterocycles. The lowest BCUT2D eigenvalue weighted by atomic mass is 10.0. The summed E-state index contributed by atoms with van der Waals surface area (Å²) in [6.45, 7) is 0.888. The molecule has 3 heteroatoms. The SMILES string of the molecule is COc1cccc(Cn2cnc3c2CCCC3)c1. The van der Waals surface area contributed by atoms with Crippen molar-refractivity contribution in [2.24, 2.45) is 0 Å². The van der Waals surface area contributed by atoms with Crippen LogP contribution in [0.2, 0.25) is 0 Å². The molecule has 0 unspecified atom stereocenters. The Balaban J connectivity index is 1.85. The molecule has 0 saturated heterocycles. The first-order valence-corrected chi connectivity index (χ1v) is 6.52. The molecule has 0 aliphatic heterocycles. The van der Waals surface area contributed by atoms with E-state index in [0.717, 1.165) is 18.7 Å². The van der Waals surface area contributed by atoms with Gasteiger partial charge in [0.1, 0.15) is 5.75 Å². The summed E-state index contributed by atoms with van der Waals surface area (Å²) in [6.07, 6.45) is 6.86. The highest BCUT2D eigenvalue weighted by molar-refractivity contribution is 5.29. The fourth-order valence-corrected chi connectivity index (χ4v) is 2.63. The summed E-state index contributed by atoms with van der Waals surface area (Å²) in [6, 6.07) is 8.25. The molecule has 1 aliphatic carbocycles. The second kappa shape index (κ2) is 4.84. The number of imidazole rings is 1. The van der Waals surface area contributed by atoms with Gasteiger partial charge in [0.2, 0.25) is 0 Å². The van der Waals surface area contributed by atoms with Gasteiger partial charge in [-0.1, -0.05) is 12.1 Å². The predicted molar refractivity (Wildman–Crippen MR) is 71.0 cm³/mol. The minimum Gasteiger partial charge on any atom is -0.497 e. The van der Waals surface area contributed by atoms with Crippen molar-refractivity contribution in [3.05, 3.63) is 47.5 Å². The van der Waals surface area contributed by atoms with Crippen LogP contribution in [0.1, 0.15) is 29.8 Å². The van der Waals surface area contributed by atoms with Crippen LogP contribution in [0.4, 0.5) is 0 Å². The normalized spacial score (nSPS) is 14.3. The summed E-state index contributed by atoms with van der Waals surface area (Å²) >= 11 is 0. The molecule has 0 saturated carbocycles. The van der Waals surface area contributed by atoms with Gasteiger partial charge in [-0.2, -0.15) is 0 Å². The van der Waals surface area contributed by atoms with Crippen LogP contribution in [0.5, 0.6) is 5.75 Å². The molecule has 18 heavy (non-hydrogen) atoms. The number of hydrogen-bond acceptors (Lipinski definition) is 2. The van der Waals surface area contributed by atoms with Gasteiger partial charge in [0.25, 0.3) is 0 Å². The molecule has 3 nitrogen and oxygen atoms in total. The van der Waals surface area contributed by atoms with E-state index in [9.17, 15) is 0 Å². The van der Waals surface area contributed by atoms with E-state index in [-0.39, 0.29) is 0 Å². The molecule has 0 bridgehead atoms. The van der Waals surface area contributed by atoms with E-state index in [1.54, 1.807) is 7.11 Å². The molecule has 1 aromatic carbocycles. The first-order chi connectivity index (χ1) is 8.86. The van der Waals surface area contributed by atoms with Gasteiger partial charge in [0.15, 0.2) is 0 Å². The van der Waals surface area contributed by atoms with Crippen LogP contribution < -0.4 is 4.74 Å². The maximum absolute atomic E-state index is 5.26. The monoisotopic (exact) mass is 242 g/mol. The average Bonchev–Trinajstić information content (AvgIpc) is 2.83. The molecule has 0 radical (unpaired) electrons. The second-order valence-electron chi connectivity index (χ2n) is 4.82. The van der Waals surface area contributed by atoms with Crippen molar-refractivity contribution in [2.45, 2.75) is 32.2 Å². The minimum atomic E-state index is 0.888. The van der Waals surface area contributed by atoms with Crippen molar-refractivity contribution in [1.82, 2.24) is 9.55 Å². The number of aryl methyl sites for hydroxylation is 1. The van der Waals surface area contributed by atoms with Gasteiger partial charge in [-0.3, -0.25) is 0 Å². The smallest absolute Gasteiger partial charge is 0.119 e. The molecule has 1 heterocycles. The highest BCUT2D eigenvalue weighted by atomic mass is 16.5.